The molecule has 0 N–H and O–H groups in total. The highest BCUT2D eigenvalue weighted by Gasteiger charge is 2.58. The second-order valence-corrected chi connectivity index (χ2v) is 9.43. The highest BCUT2D eigenvalue weighted by atomic mass is 14.6. The van der Waals surface area contributed by atoms with Gasteiger partial charge in [-0.1, -0.05) is 33.6 Å². The number of hydrogen-bond acceptors (Lipinski definition) is 0. The van der Waals surface area contributed by atoms with Crippen molar-refractivity contribution in [2.75, 3.05) is 0 Å². The van der Waals surface area contributed by atoms with Crippen molar-refractivity contribution in [3.63, 3.8) is 0 Å². The number of fused-ring (bicyclic) bond motifs is 5. The highest BCUT2D eigenvalue weighted by Crippen LogP contribution is 2.67. The van der Waals surface area contributed by atoms with Crippen molar-refractivity contribution in [3.8, 4) is 0 Å². The molecule has 0 aromatic carbocycles. The average molecular weight is 274 g/mol. The minimum Gasteiger partial charge on any atom is -0.0620 e. The molecule has 4 saturated carbocycles. The molecule has 0 unspecified atom stereocenters. The van der Waals surface area contributed by atoms with Gasteiger partial charge in [-0.2, -0.15) is 0 Å². The van der Waals surface area contributed by atoms with Gasteiger partial charge in [-0.25, -0.2) is 0 Å². The monoisotopic (exact) mass is 274 g/mol. The van der Waals surface area contributed by atoms with Crippen LogP contribution in [-0.4, -0.2) is 0 Å². The maximum atomic E-state index is 2.70. The second kappa shape index (κ2) is 4.50. The smallest absolute Gasteiger partial charge is 0.0266 e. The summed E-state index contributed by atoms with van der Waals surface area (Å²) in [6.45, 7) is 7.91. The van der Waals surface area contributed by atoms with Gasteiger partial charge >= 0.3 is 0 Å². The molecular formula is C20H34. The van der Waals surface area contributed by atoms with Crippen LogP contribution in [-0.2, 0) is 0 Å². The molecule has 4 aliphatic carbocycles. The Morgan fingerprint density at radius 1 is 0.700 bits per heavy atom. The molecule has 0 aliphatic heterocycles. The molecule has 4 rings (SSSR count). The van der Waals surface area contributed by atoms with Crippen LogP contribution in [0, 0.1) is 40.4 Å². The van der Waals surface area contributed by atoms with E-state index in [9.17, 15) is 0 Å². The van der Waals surface area contributed by atoms with E-state index in [1.165, 1.54) is 19.3 Å². The summed E-state index contributed by atoms with van der Waals surface area (Å²) in [5, 5.41) is 0. The SMILES string of the molecule is C[C@H]1CC[C@H]2[C@@H]3CC[C@@H]4CCCC[C@]4(C)[C@H]3CC[C@]12C. The summed E-state index contributed by atoms with van der Waals surface area (Å²) in [4.78, 5) is 0. The second-order valence-electron chi connectivity index (χ2n) is 9.43. The summed E-state index contributed by atoms with van der Waals surface area (Å²) in [5.74, 6) is 5.34. The van der Waals surface area contributed by atoms with Crippen LogP contribution in [0.1, 0.15) is 85.0 Å². The number of hydrogen-bond donors (Lipinski definition) is 0. The summed E-state index contributed by atoms with van der Waals surface area (Å²) >= 11 is 0. The van der Waals surface area contributed by atoms with E-state index in [1.54, 1.807) is 44.9 Å². The molecule has 0 nitrogen and oxygen atoms in total. The Hall–Kier alpha value is 0. The Kier molecular flexibility index (Phi) is 3.07. The molecule has 4 fully saturated rings. The van der Waals surface area contributed by atoms with Gasteiger partial charge in [0.1, 0.15) is 0 Å². The third-order valence-electron chi connectivity index (χ3n) is 9.06. The maximum Gasteiger partial charge on any atom is -0.0266 e. The lowest BCUT2D eigenvalue weighted by Crippen LogP contribution is -2.52. The van der Waals surface area contributed by atoms with E-state index in [2.05, 4.69) is 20.8 Å². The van der Waals surface area contributed by atoms with Gasteiger partial charge in [-0.05, 0) is 91.8 Å². The van der Waals surface area contributed by atoms with Crippen molar-refractivity contribution >= 4 is 0 Å². The Morgan fingerprint density at radius 3 is 2.35 bits per heavy atom. The Labute approximate surface area is 126 Å². The quantitative estimate of drug-likeness (QED) is 0.504. The maximum absolute atomic E-state index is 2.70. The first-order chi connectivity index (χ1) is 9.56. The predicted octanol–water partition coefficient (Wildman–Crippen LogP) is 6.06. The van der Waals surface area contributed by atoms with Gasteiger partial charge in [-0.3, -0.25) is 0 Å². The zero-order chi connectivity index (χ0) is 14.0. The first-order valence-electron chi connectivity index (χ1n) is 9.56. The van der Waals surface area contributed by atoms with Crippen molar-refractivity contribution in [2.24, 2.45) is 40.4 Å². The summed E-state index contributed by atoms with van der Waals surface area (Å²) < 4.78 is 0. The molecule has 0 radical (unpaired) electrons. The fraction of sp³-hybridized carbons (Fsp3) is 1.00. The van der Waals surface area contributed by atoms with Crippen LogP contribution >= 0.6 is 0 Å². The third kappa shape index (κ3) is 1.66. The average Bonchev–Trinajstić information content (AvgIpc) is 2.74. The molecule has 4 aliphatic rings. The molecule has 7 atom stereocenters. The summed E-state index contributed by atoms with van der Waals surface area (Å²) in [6.07, 6.45) is 15.5. The fourth-order valence-corrected chi connectivity index (χ4v) is 7.56. The lowest BCUT2D eigenvalue weighted by molar-refractivity contribution is -0.109. The van der Waals surface area contributed by atoms with Gasteiger partial charge in [0.15, 0.2) is 0 Å². The summed E-state index contributed by atoms with van der Waals surface area (Å²) in [7, 11) is 0. The molecule has 0 heteroatoms. The number of rotatable bonds is 0. The Bertz CT molecular complexity index is 385. The van der Waals surface area contributed by atoms with Crippen LogP contribution in [0.2, 0.25) is 0 Å². The van der Waals surface area contributed by atoms with Crippen LogP contribution < -0.4 is 0 Å². The van der Waals surface area contributed by atoms with Gasteiger partial charge in [0, 0.05) is 0 Å². The van der Waals surface area contributed by atoms with E-state index in [1.807, 2.05) is 0 Å². The van der Waals surface area contributed by atoms with Gasteiger partial charge in [-0.15, -0.1) is 0 Å². The Morgan fingerprint density at radius 2 is 1.50 bits per heavy atom. The van der Waals surface area contributed by atoms with Crippen molar-refractivity contribution in [1.82, 2.24) is 0 Å². The summed E-state index contributed by atoms with van der Waals surface area (Å²) in [6, 6.07) is 0. The van der Waals surface area contributed by atoms with Crippen LogP contribution in [0.15, 0.2) is 0 Å². The zero-order valence-corrected chi connectivity index (χ0v) is 14.0. The van der Waals surface area contributed by atoms with Crippen LogP contribution in [0.5, 0.6) is 0 Å². The fourth-order valence-electron chi connectivity index (χ4n) is 7.56. The van der Waals surface area contributed by atoms with E-state index in [4.69, 9.17) is 0 Å². The molecular weight excluding hydrogens is 240 g/mol. The zero-order valence-electron chi connectivity index (χ0n) is 14.0. The predicted molar refractivity (Wildman–Crippen MR) is 85.5 cm³/mol. The van der Waals surface area contributed by atoms with Gasteiger partial charge in [0.25, 0.3) is 0 Å². The van der Waals surface area contributed by atoms with Gasteiger partial charge < -0.3 is 0 Å². The Balaban J connectivity index is 1.64. The van der Waals surface area contributed by atoms with E-state index in [0.29, 0.717) is 5.41 Å². The lowest BCUT2D eigenvalue weighted by atomic mass is 9.45. The largest absolute Gasteiger partial charge is 0.0620 e. The van der Waals surface area contributed by atoms with Crippen molar-refractivity contribution < 1.29 is 0 Å². The van der Waals surface area contributed by atoms with Crippen LogP contribution in [0.3, 0.4) is 0 Å². The molecule has 0 heterocycles. The molecule has 0 aromatic heterocycles. The molecule has 20 heavy (non-hydrogen) atoms. The first-order valence-corrected chi connectivity index (χ1v) is 9.56. The van der Waals surface area contributed by atoms with Crippen molar-refractivity contribution in [2.45, 2.75) is 85.0 Å². The van der Waals surface area contributed by atoms with E-state index in [-0.39, 0.29) is 0 Å². The minimum absolute atomic E-state index is 0.707. The standard InChI is InChI=1S/C20H34/c1-14-7-10-17-16-9-8-15-6-4-5-12-20(15,3)18(16)11-13-19(14,17)2/h14-18H,4-13H2,1-3H3/t14-,15-,16-,17-,18-,19+,20-/m0/s1. The van der Waals surface area contributed by atoms with Gasteiger partial charge in [0.2, 0.25) is 0 Å². The van der Waals surface area contributed by atoms with Gasteiger partial charge in [0.05, 0.1) is 0 Å². The van der Waals surface area contributed by atoms with Crippen molar-refractivity contribution in [1.29, 1.82) is 0 Å². The molecule has 0 aromatic rings. The first kappa shape index (κ1) is 13.6. The summed E-state index contributed by atoms with van der Waals surface area (Å²) in [5.41, 5.74) is 1.44. The van der Waals surface area contributed by atoms with E-state index < -0.39 is 0 Å². The van der Waals surface area contributed by atoms with Crippen molar-refractivity contribution in [3.05, 3.63) is 0 Å². The molecule has 114 valence electrons. The van der Waals surface area contributed by atoms with Crippen LogP contribution in [0.25, 0.3) is 0 Å². The molecule has 0 saturated heterocycles. The minimum atomic E-state index is 0.707. The lowest BCUT2D eigenvalue weighted by Gasteiger charge is -2.60. The van der Waals surface area contributed by atoms with Crippen LogP contribution in [0.4, 0.5) is 0 Å². The highest BCUT2D eigenvalue weighted by molar-refractivity contribution is 5.07. The normalized spacial score (nSPS) is 58.6. The topological polar surface area (TPSA) is 0 Å². The van der Waals surface area contributed by atoms with E-state index >= 15 is 0 Å². The third-order valence-corrected chi connectivity index (χ3v) is 9.06. The van der Waals surface area contributed by atoms with E-state index in [0.717, 1.165) is 35.0 Å². The molecule has 0 spiro atoms. The molecule has 0 bridgehead atoms. The molecule has 0 amide bonds.